The molecule has 3 aromatic heterocycles. The number of aromatic nitrogens is 4. The monoisotopic (exact) mass is 293 g/mol. The first-order chi connectivity index (χ1) is 9.88. The molecule has 3 rings (SSSR count). The summed E-state index contributed by atoms with van der Waals surface area (Å²) in [7, 11) is 0. The Hall–Kier alpha value is -2.64. The van der Waals surface area contributed by atoms with E-state index in [9.17, 15) is 13.2 Å². The number of nitrogens with two attached hydrogens (primary N) is 1. The lowest BCUT2D eigenvalue weighted by atomic mass is 10.1. The predicted octanol–water partition coefficient (Wildman–Crippen LogP) is 2.93. The molecule has 0 bridgehead atoms. The van der Waals surface area contributed by atoms with Crippen LogP contribution in [0.15, 0.2) is 24.5 Å². The first-order valence-electron chi connectivity index (χ1n) is 6.01. The van der Waals surface area contributed by atoms with Crippen molar-refractivity contribution in [3.8, 4) is 11.3 Å². The Balaban J connectivity index is 2.32. The normalized spacial score (nSPS) is 12.0. The second-order valence-corrected chi connectivity index (χ2v) is 4.48. The van der Waals surface area contributed by atoms with Crippen molar-refractivity contribution in [3.63, 3.8) is 0 Å². The Bertz CT molecular complexity index is 822. The van der Waals surface area contributed by atoms with Crippen molar-refractivity contribution in [2.75, 3.05) is 5.73 Å². The Morgan fingerprint density at radius 1 is 1.24 bits per heavy atom. The van der Waals surface area contributed by atoms with Gasteiger partial charge in [-0.25, -0.2) is 9.97 Å². The van der Waals surface area contributed by atoms with Gasteiger partial charge in [0, 0.05) is 18.0 Å². The number of hydrogen-bond donors (Lipinski definition) is 2. The maximum absolute atomic E-state index is 13.1. The number of alkyl halides is 3. The van der Waals surface area contributed by atoms with Crippen molar-refractivity contribution in [1.82, 2.24) is 19.9 Å². The Morgan fingerprint density at radius 2 is 2.00 bits per heavy atom. The highest BCUT2D eigenvalue weighted by molar-refractivity contribution is 6.00. The highest BCUT2D eigenvalue weighted by Gasteiger charge is 2.35. The number of aromatic amines is 1. The van der Waals surface area contributed by atoms with Crippen LogP contribution in [-0.4, -0.2) is 19.9 Å². The predicted molar refractivity (Wildman–Crippen MR) is 71.3 cm³/mol. The van der Waals surface area contributed by atoms with Gasteiger partial charge >= 0.3 is 6.18 Å². The van der Waals surface area contributed by atoms with Gasteiger partial charge in [-0.15, -0.1) is 0 Å². The van der Waals surface area contributed by atoms with Gasteiger partial charge in [0.25, 0.3) is 0 Å². The summed E-state index contributed by atoms with van der Waals surface area (Å²) in [5, 5.41) is 0.338. The molecule has 5 nitrogen and oxygen atoms in total. The van der Waals surface area contributed by atoms with E-state index >= 15 is 0 Å². The summed E-state index contributed by atoms with van der Waals surface area (Å²) in [5.41, 5.74) is 5.41. The fourth-order valence-corrected chi connectivity index (χ4v) is 2.21. The summed E-state index contributed by atoms with van der Waals surface area (Å²) >= 11 is 0. The number of aryl methyl sites for hydroxylation is 1. The van der Waals surface area contributed by atoms with Crippen LogP contribution in [-0.2, 0) is 6.18 Å². The topological polar surface area (TPSA) is 80.5 Å². The second-order valence-electron chi connectivity index (χ2n) is 4.48. The number of nitrogens with zero attached hydrogens (tertiary/aromatic N) is 3. The third-order valence-corrected chi connectivity index (χ3v) is 3.04. The van der Waals surface area contributed by atoms with Crippen LogP contribution in [0.3, 0.4) is 0 Å². The SMILES string of the molecule is Cc1nc(N)c2c(-c3ncccc3C(F)(F)F)c[nH]c2n1. The average molecular weight is 293 g/mol. The largest absolute Gasteiger partial charge is 0.418 e. The van der Waals surface area contributed by atoms with E-state index in [1.807, 2.05) is 0 Å². The van der Waals surface area contributed by atoms with Crippen molar-refractivity contribution in [1.29, 1.82) is 0 Å². The molecule has 0 aromatic carbocycles. The minimum Gasteiger partial charge on any atom is -0.383 e. The van der Waals surface area contributed by atoms with Crippen LogP contribution in [0.1, 0.15) is 11.4 Å². The van der Waals surface area contributed by atoms with Crippen LogP contribution < -0.4 is 5.73 Å². The standard InChI is InChI=1S/C13H10F3N5/c1-6-20-11(17)9-7(5-19-12(9)21-6)10-8(13(14,15)16)3-2-4-18-10/h2-5H,1H3,(H3,17,19,20,21). The number of rotatable bonds is 1. The molecule has 0 aliphatic carbocycles. The van der Waals surface area contributed by atoms with Crippen LogP contribution >= 0.6 is 0 Å². The molecule has 3 heterocycles. The number of H-pyrrole nitrogens is 1. The van der Waals surface area contributed by atoms with E-state index in [4.69, 9.17) is 5.73 Å². The summed E-state index contributed by atoms with van der Waals surface area (Å²) in [4.78, 5) is 14.8. The third-order valence-electron chi connectivity index (χ3n) is 3.04. The van der Waals surface area contributed by atoms with Crippen LogP contribution in [0.2, 0.25) is 0 Å². The molecular formula is C13H10F3N5. The highest BCUT2D eigenvalue weighted by Crippen LogP contribution is 2.38. The molecule has 0 fully saturated rings. The van der Waals surface area contributed by atoms with E-state index in [-0.39, 0.29) is 17.1 Å². The fraction of sp³-hybridized carbons (Fsp3) is 0.154. The molecular weight excluding hydrogens is 283 g/mol. The molecule has 3 N–H and O–H groups in total. The van der Waals surface area contributed by atoms with Gasteiger partial charge in [0.15, 0.2) is 0 Å². The number of pyridine rings is 1. The van der Waals surface area contributed by atoms with E-state index < -0.39 is 11.7 Å². The van der Waals surface area contributed by atoms with Gasteiger partial charge < -0.3 is 10.7 Å². The lowest BCUT2D eigenvalue weighted by molar-refractivity contribution is -0.137. The van der Waals surface area contributed by atoms with Gasteiger partial charge in [-0.2, -0.15) is 13.2 Å². The molecule has 0 saturated heterocycles. The summed E-state index contributed by atoms with van der Waals surface area (Å²) in [6.45, 7) is 1.65. The Labute approximate surface area is 117 Å². The molecule has 0 amide bonds. The zero-order valence-corrected chi connectivity index (χ0v) is 10.9. The third kappa shape index (κ3) is 2.18. The van der Waals surface area contributed by atoms with E-state index in [2.05, 4.69) is 19.9 Å². The van der Waals surface area contributed by atoms with Gasteiger partial charge in [0.1, 0.15) is 17.3 Å². The summed E-state index contributed by atoms with van der Waals surface area (Å²) in [6, 6.07) is 2.22. The molecule has 8 heteroatoms. The van der Waals surface area contributed by atoms with Gasteiger partial charge in [-0.1, -0.05) is 0 Å². The number of anilines is 1. The van der Waals surface area contributed by atoms with Crippen molar-refractivity contribution in [2.24, 2.45) is 0 Å². The zero-order chi connectivity index (χ0) is 15.2. The van der Waals surface area contributed by atoms with Crippen LogP contribution in [0, 0.1) is 6.92 Å². The number of nitrogen functional groups attached to an aromatic ring is 1. The maximum atomic E-state index is 13.1. The van der Waals surface area contributed by atoms with Gasteiger partial charge in [0.05, 0.1) is 16.6 Å². The first-order valence-corrected chi connectivity index (χ1v) is 6.01. The molecule has 0 aliphatic heterocycles. The Morgan fingerprint density at radius 3 is 2.71 bits per heavy atom. The molecule has 0 unspecified atom stereocenters. The molecule has 0 radical (unpaired) electrons. The minimum atomic E-state index is -4.51. The lowest BCUT2D eigenvalue weighted by Crippen LogP contribution is -2.08. The molecule has 0 saturated carbocycles. The maximum Gasteiger partial charge on any atom is 0.418 e. The Kier molecular flexibility index (Phi) is 2.82. The van der Waals surface area contributed by atoms with Crippen molar-refractivity contribution in [2.45, 2.75) is 13.1 Å². The number of fused-ring (bicyclic) bond motifs is 1. The van der Waals surface area contributed by atoms with E-state index in [1.54, 1.807) is 6.92 Å². The number of hydrogen-bond acceptors (Lipinski definition) is 4. The molecule has 3 aromatic rings. The quantitative estimate of drug-likeness (QED) is 0.723. The minimum absolute atomic E-state index is 0.118. The molecule has 0 spiro atoms. The second kappa shape index (κ2) is 4.44. The number of nitrogens with one attached hydrogen (secondary N) is 1. The summed E-state index contributed by atoms with van der Waals surface area (Å²) in [5.74, 6) is 0.554. The molecule has 0 atom stereocenters. The van der Waals surface area contributed by atoms with Crippen molar-refractivity contribution < 1.29 is 13.2 Å². The van der Waals surface area contributed by atoms with Crippen LogP contribution in [0.25, 0.3) is 22.3 Å². The van der Waals surface area contributed by atoms with Gasteiger partial charge in [-0.05, 0) is 19.1 Å². The number of halogens is 3. The smallest absolute Gasteiger partial charge is 0.383 e. The van der Waals surface area contributed by atoms with E-state index in [0.717, 1.165) is 6.07 Å². The summed E-state index contributed by atoms with van der Waals surface area (Å²) in [6.07, 6.45) is -1.80. The molecule has 108 valence electrons. The van der Waals surface area contributed by atoms with Crippen LogP contribution in [0.5, 0.6) is 0 Å². The van der Waals surface area contributed by atoms with E-state index in [0.29, 0.717) is 16.9 Å². The van der Waals surface area contributed by atoms with E-state index in [1.165, 1.54) is 18.5 Å². The average Bonchev–Trinajstić information content (AvgIpc) is 2.81. The first kappa shape index (κ1) is 13.3. The zero-order valence-electron chi connectivity index (χ0n) is 10.9. The highest BCUT2D eigenvalue weighted by atomic mass is 19.4. The van der Waals surface area contributed by atoms with Crippen molar-refractivity contribution in [3.05, 3.63) is 35.9 Å². The summed E-state index contributed by atoms with van der Waals surface area (Å²) < 4.78 is 39.3. The fourth-order valence-electron chi connectivity index (χ4n) is 2.21. The lowest BCUT2D eigenvalue weighted by Gasteiger charge is -2.11. The van der Waals surface area contributed by atoms with Crippen LogP contribution in [0.4, 0.5) is 19.0 Å². The molecule has 21 heavy (non-hydrogen) atoms. The molecule has 0 aliphatic rings. The van der Waals surface area contributed by atoms with Gasteiger partial charge in [0.2, 0.25) is 0 Å². The van der Waals surface area contributed by atoms with Gasteiger partial charge in [-0.3, -0.25) is 4.98 Å². The van der Waals surface area contributed by atoms with Crippen molar-refractivity contribution >= 4 is 16.9 Å².